The average Bonchev–Trinajstić information content (AvgIpc) is 2.98. The molecule has 0 spiro atoms. The van der Waals surface area contributed by atoms with Crippen molar-refractivity contribution in [3.05, 3.63) is 16.3 Å². The molecule has 0 aliphatic heterocycles. The van der Waals surface area contributed by atoms with Gasteiger partial charge in [-0.2, -0.15) is 11.8 Å². The number of hydrogen-bond acceptors (Lipinski definition) is 5. The van der Waals surface area contributed by atoms with Gasteiger partial charge in [0.05, 0.1) is 4.90 Å². The molecule has 2 rings (SSSR count). The highest BCUT2D eigenvalue weighted by atomic mass is 32.2. The quantitative estimate of drug-likeness (QED) is 0.842. The summed E-state index contributed by atoms with van der Waals surface area (Å²) in [4.78, 5) is 1.25. The largest absolute Gasteiger partial charge is 0.326 e. The van der Waals surface area contributed by atoms with Gasteiger partial charge in [0.1, 0.15) is 0 Å². The molecule has 2 unspecified atom stereocenters. The Bertz CT molecular complexity index is 513. The number of rotatable bonds is 6. The molecule has 108 valence electrons. The zero-order valence-electron chi connectivity index (χ0n) is 11.0. The highest BCUT2D eigenvalue weighted by Gasteiger charge is 2.28. The molecule has 1 fully saturated rings. The first kappa shape index (κ1) is 15.3. The van der Waals surface area contributed by atoms with Crippen LogP contribution in [-0.4, -0.2) is 25.5 Å². The third kappa shape index (κ3) is 3.95. The normalized spacial score (nSPS) is 23.9. The summed E-state index contributed by atoms with van der Waals surface area (Å²) in [5.41, 5.74) is 5.51. The van der Waals surface area contributed by atoms with Crippen LogP contribution in [0, 0.1) is 0 Å². The van der Waals surface area contributed by atoms with E-state index < -0.39 is 10.0 Å². The van der Waals surface area contributed by atoms with Gasteiger partial charge in [0.25, 0.3) is 0 Å². The molecule has 19 heavy (non-hydrogen) atoms. The van der Waals surface area contributed by atoms with E-state index in [1.165, 1.54) is 11.3 Å². The van der Waals surface area contributed by atoms with Crippen LogP contribution in [0.4, 0.5) is 0 Å². The second kappa shape index (κ2) is 6.58. The molecular formula is C12H20N2O2S3. The summed E-state index contributed by atoms with van der Waals surface area (Å²) in [6.45, 7) is 2.53. The maximum atomic E-state index is 12.2. The lowest BCUT2D eigenvalue weighted by Crippen LogP contribution is -2.32. The number of thiophene rings is 1. The van der Waals surface area contributed by atoms with E-state index in [-0.39, 0.29) is 6.04 Å². The van der Waals surface area contributed by atoms with Gasteiger partial charge in [-0.1, -0.05) is 6.92 Å². The highest BCUT2D eigenvalue weighted by molar-refractivity contribution is 7.99. The van der Waals surface area contributed by atoms with Crippen molar-refractivity contribution in [1.29, 1.82) is 0 Å². The summed E-state index contributed by atoms with van der Waals surface area (Å²) in [6, 6.07) is 1.75. The first-order chi connectivity index (χ1) is 9.05. The fourth-order valence-corrected chi connectivity index (χ4v) is 5.91. The van der Waals surface area contributed by atoms with E-state index in [4.69, 9.17) is 5.73 Å². The standard InChI is InChI=1S/C12H20N2O2S3/c1-2-17-10-4-3-9(5-10)14-19(15,16)12-6-11(7-13)18-8-12/h6,8-10,14H,2-5,7,13H2,1H3. The molecule has 1 heterocycles. The first-order valence-corrected chi connectivity index (χ1v) is 9.87. The lowest BCUT2D eigenvalue weighted by Gasteiger charge is -2.12. The predicted octanol–water partition coefficient (Wildman–Crippen LogP) is 2.16. The molecule has 1 aliphatic carbocycles. The van der Waals surface area contributed by atoms with Crippen LogP contribution in [0.15, 0.2) is 16.3 Å². The van der Waals surface area contributed by atoms with Crippen molar-refractivity contribution in [2.24, 2.45) is 5.73 Å². The lowest BCUT2D eigenvalue weighted by molar-refractivity contribution is 0.553. The Balaban J connectivity index is 1.98. The zero-order valence-corrected chi connectivity index (χ0v) is 13.4. The molecule has 0 amide bonds. The van der Waals surface area contributed by atoms with Crippen LogP contribution >= 0.6 is 23.1 Å². The Morgan fingerprint density at radius 3 is 2.95 bits per heavy atom. The summed E-state index contributed by atoms with van der Waals surface area (Å²) in [5.74, 6) is 1.09. The minimum atomic E-state index is -3.38. The molecule has 1 aromatic rings. The summed E-state index contributed by atoms with van der Waals surface area (Å²) in [7, 11) is -3.38. The smallest absolute Gasteiger partial charge is 0.241 e. The molecule has 1 aromatic heterocycles. The van der Waals surface area contributed by atoms with Crippen molar-refractivity contribution in [3.8, 4) is 0 Å². The van der Waals surface area contributed by atoms with E-state index in [9.17, 15) is 8.42 Å². The molecule has 1 aliphatic rings. The number of sulfonamides is 1. The van der Waals surface area contributed by atoms with Gasteiger partial charge in [0, 0.05) is 28.1 Å². The van der Waals surface area contributed by atoms with Crippen molar-refractivity contribution in [3.63, 3.8) is 0 Å². The fourth-order valence-electron chi connectivity index (χ4n) is 2.33. The predicted molar refractivity (Wildman–Crippen MR) is 82.1 cm³/mol. The first-order valence-electron chi connectivity index (χ1n) is 6.46. The monoisotopic (exact) mass is 320 g/mol. The lowest BCUT2D eigenvalue weighted by atomic mass is 10.3. The average molecular weight is 321 g/mol. The van der Waals surface area contributed by atoms with Crippen molar-refractivity contribution in [2.45, 2.75) is 48.9 Å². The van der Waals surface area contributed by atoms with Gasteiger partial charge in [-0.25, -0.2) is 13.1 Å². The molecule has 0 saturated heterocycles. The van der Waals surface area contributed by atoms with Gasteiger partial charge in [-0.05, 0) is 31.1 Å². The van der Waals surface area contributed by atoms with Crippen molar-refractivity contribution >= 4 is 33.1 Å². The van der Waals surface area contributed by atoms with Crippen LogP contribution in [0.3, 0.4) is 0 Å². The third-order valence-electron chi connectivity index (χ3n) is 3.25. The van der Waals surface area contributed by atoms with E-state index in [0.29, 0.717) is 16.7 Å². The van der Waals surface area contributed by atoms with Crippen LogP contribution in [0.25, 0.3) is 0 Å². The molecule has 0 bridgehead atoms. The van der Waals surface area contributed by atoms with Crippen molar-refractivity contribution < 1.29 is 8.42 Å². The van der Waals surface area contributed by atoms with Crippen molar-refractivity contribution in [1.82, 2.24) is 4.72 Å². The SMILES string of the molecule is CCSC1CCC(NS(=O)(=O)c2csc(CN)c2)C1. The molecule has 7 heteroatoms. The molecular weight excluding hydrogens is 300 g/mol. The summed E-state index contributed by atoms with van der Waals surface area (Å²) in [6.07, 6.45) is 2.97. The van der Waals surface area contributed by atoms with E-state index in [2.05, 4.69) is 11.6 Å². The second-order valence-corrected chi connectivity index (χ2v) is 8.95. The van der Waals surface area contributed by atoms with E-state index in [0.717, 1.165) is 29.9 Å². The third-order valence-corrected chi connectivity index (χ3v) is 7.09. The molecule has 3 N–H and O–H groups in total. The van der Waals surface area contributed by atoms with Gasteiger partial charge in [-0.3, -0.25) is 0 Å². The Labute approximate surface area is 123 Å². The van der Waals surface area contributed by atoms with Gasteiger partial charge in [-0.15, -0.1) is 11.3 Å². The van der Waals surface area contributed by atoms with Crippen LogP contribution < -0.4 is 10.5 Å². The minimum Gasteiger partial charge on any atom is -0.326 e. The number of nitrogens with two attached hydrogens (primary N) is 1. The molecule has 4 nitrogen and oxygen atoms in total. The van der Waals surface area contributed by atoms with E-state index in [1.807, 2.05) is 11.8 Å². The second-order valence-electron chi connectivity index (χ2n) is 4.66. The Kier molecular flexibility index (Phi) is 5.30. The fraction of sp³-hybridized carbons (Fsp3) is 0.667. The van der Waals surface area contributed by atoms with Crippen LogP contribution in [0.5, 0.6) is 0 Å². The Morgan fingerprint density at radius 1 is 1.53 bits per heavy atom. The van der Waals surface area contributed by atoms with Gasteiger partial charge >= 0.3 is 0 Å². The summed E-state index contributed by atoms with van der Waals surface area (Å²) in [5, 5.41) is 2.26. The zero-order chi connectivity index (χ0) is 13.9. The molecule has 1 saturated carbocycles. The van der Waals surface area contributed by atoms with Gasteiger partial charge in [0.2, 0.25) is 10.0 Å². The maximum Gasteiger partial charge on any atom is 0.241 e. The van der Waals surface area contributed by atoms with Crippen molar-refractivity contribution in [2.75, 3.05) is 5.75 Å². The number of nitrogens with one attached hydrogen (secondary N) is 1. The van der Waals surface area contributed by atoms with Crippen LogP contribution in [0.1, 0.15) is 31.1 Å². The minimum absolute atomic E-state index is 0.0790. The summed E-state index contributed by atoms with van der Waals surface area (Å²) < 4.78 is 27.3. The van der Waals surface area contributed by atoms with E-state index >= 15 is 0 Å². The van der Waals surface area contributed by atoms with E-state index in [1.54, 1.807) is 11.4 Å². The number of thioether (sulfide) groups is 1. The maximum absolute atomic E-state index is 12.2. The Hall–Kier alpha value is -0.0800. The van der Waals surface area contributed by atoms with Gasteiger partial charge < -0.3 is 5.73 Å². The topological polar surface area (TPSA) is 72.2 Å². The molecule has 0 radical (unpaired) electrons. The Morgan fingerprint density at radius 2 is 2.32 bits per heavy atom. The number of hydrogen-bond donors (Lipinski definition) is 2. The van der Waals surface area contributed by atoms with Gasteiger partial charge in [0.15, 0.2) is 0 Å². The van der Waals surface area contributed by atoms with Crippen LogP contribution in [-0.2, 0) is 16.6 Å². The highest BCUT2D eigenvalue weighted by Crippen LogP contribution is 2.30. The molecule has 0 aromatic carbocycles. The summed E-state index contributed by atoms with van der Waals surface area (Å²) >= 11 is 3.32. The molecule has 2 atom stereocenters. The van der Waals surface area contributed by atoms with Crippen LogP contribution in [0.2, 0.25) is 0 Å².